The van der Waals surface area contributed by atoms with Gasteiger partial charge >= 0.3 is 0 Å². The number of thiazole rings is 1. The minimum atomic E-state index is -0.173. The topological polar surface area (TPSA) is 110 Å². The summed E-state index contributed by atoms with van der Waals surface area (Å²) in [5.41, 5.74) is 7.80. The Kier molecular flexibility index (Phi) is 8.91. The SMILES string of the molecule is COc1cc(-n2ccc3c(-c4cccc(NC(=O)c5nc6c(s5)CN(C)CC6)c4C)cccc32)cc(OC)c1CNC[C@@H]1CCC(=O)N1. The molecule has 248 valence electrons. The molecule has 1 fully saturated rings. The molecule has 48 heavy (non-hydrogen) atoms. The number of hydrogen-bond acceptors (Lipinski definition) is 8. The number of ether oxygens (including phenoxy) is 2. The van der Waals surface area contributed by atoms with Gasteiger partial charge in [-0.3, -0.25) is 9.59 Å². The maximum absolute atomic E-state index is 13.3. The fraction of sp³-hybridized carbons (Fsp3) is 0.324. The summed E-state index contributed by atoms with van der Waals surface area (Å²) in [5, 5.41) is 11.2. The zero-order valence-electron chi connectivity index (χ0n) is 27.7. The fourth-order valence-electron chi connectivity index (χ4n) is 6.77. The monoisotopic (exact) mass is 664 g/mol. The van der Waals surface area contributed by atoms with Crippen molar-refractivity contribution in [2.24, 2.45) is 0 Å². The molecule has 0 radical (unpaired) electrons. The summed E-state index contributed by atoms with van der Waals surface area (Å²) in [6.07, 6.45) is 4.35. The lowest BCUT2D eigenvalue weighted by molar-refractivity contribution is -0.119. The van der Waals surface area contributed by atoms with Crippen molar-refractivity contribution in [1.82, 2.24) is 25.1 Å². The van der Waals surface area contributed by atoms with Gasteiger partial charge in [0, 0.05) is 79.3 Å². The number of fused-ring (bicyclic) bond motifs is 2. The van der Waals surface area contributed by atoms with Gasteiger partial charge in [0.1, 0.15) is 11.5 Å². The van der Waals surface area contributed by atoms with Gasteiger partial charge < -0.3 is 34.9 Å². The highest BCUT2D eigenvalue weighted by Crippen LogP contribution is 2.38. The number of aromatic nitrogens is 2. The van der Waals surface area contributed by atoms with Crippen molar-refractivity contribution in [3.05, 3.63) is 87.5 Å². The maximum atomic E-state index is 13.3. The second-order valence-corrected chi connectivity index (χ2v) is 13.6. The maximum Gasteiger partial charge on any atom is 0.284 e. The third-order valence-electron chi connectivity index (χ3n) is 9.37. The molecule has 7 rings (SSSR count). The van der Waals surface area contributed by atoms with Crippen LogP contribution in [-0.2, 0) is 24.3 Å². The van der Waals surface area contributed by atoms with Crippen LogP contribution in [0.2, 0.25) is 0 Å². The summed E-state index contributed by atoms with van der Waals surface area (Å²) in [6.45, 7) is 5.07. The van der Waals surface area contributed by atoms with Crippen LogP contribution in [0.5, 0.6) is 11.5 Å². The molecule has 11 heteroatoms. The van der Waals surface area contributed by atoms with Crippen LogP contribution in [0, 0.1) is 6.92 Å². The van der Waals surface area contributed by atoms with E-state index in [2.05, 4.69) is 74.0 Å². The van der Waals surface area contributed by atoms with Crippen LogP contribution in [0.15, 0.2) is 60.8 Å². The molecule has 2 amide bonds. The number of carbonyl (C=O) groups excluding carboxylic acids is 2. The summed E-state index contributed by atoms with van der Waals surface area (Å²) in [4.78, 5) is 33.0. The molecule has 2 aromatic heterocycles. The Morgan fingerprint density at radius 2 is 1.83 bits per heavy atom. The number of amides is 2. The Morgan fingerprint density at radius 1 is 1.06 bits per heavy atom. The number of benzene rings is 3. The highest BCUT2D eigenvalue weighted by molar-refractivity contribution is 7.13. The Hall–Kier alpha value is -4.71. The molecule has 4 heterocycles. The summed E-state index contributed by atoms with van der Waals surface area (Å²) in [7, 11) is 5.43. The Bertz CT molecular complexity index is 1990. The van der Waals surface area contributed by atoms with E-state index < -0.39 is 0 Å². The molecule has 0 spiro atoms. The molecule has 0 unspecified atom stereocenters. The first-order valence-corrected chi connectivity index (χ1v) is 17.1. The third kappa shape index (κ3) is 6.16. The lowest BCUT2D eigenvalue weighted by Crippen LogP contribution is -2.35. The van der Waals surface area contributed by atoms with Gasteiger partial charge in [0.05, 0.1) is 36.7 Å². The lowest BCUT2D eigenvalue weighted by Gasteiger charge is -2.20. The van der Waals surface area contributed by atoms with Crippen LogP contribution in [-0.4, -0.2) is 66.7 Å². The number of nitrogens with one attached hydrogen (secondary N) is 3. The minimum absolute atomic E-state index is 0.107. The van der Waals surface area contributed by atoms with E-state index in [0.29, 0.717) is 24.5 Å². The van der Waals surface area contributed by atoms with E-state index in [1.165, 1.54) is 16.2 Å². The summed E-state index contributed by atoms with van der Waals surface area (Å²) in [5.74, 6) is 1.37. The largest absolute Gasteiger partial charge is 0.496 e. The fourth-order valence-corrected chi connectivity index (χ4v) is 7.86. The number of hydrogen-bond donors (Lipinski definition) is 3. The average molecular weight is 665 g/mol. The van der Waals surface area contributed by atoms with Gasteiger partial charge in [-0.25, -0.2) is 4.98 Å². The van der Waals surface area contributed by atoms with Gasteiger partial charge in [-0.1, -0.05) is 24.3 Å². The van der Waals surface area contributed by atoms with Crippen LogP contribution >= 0.6 is 11.3 Å². The highest BCUT2D eigenvalue weighted by Gasteiger charge is 2.23. The Labute approximate surface area is 284 Å². The van der Waals surface area contributed by atoms with Crippen molar-refractivity contribution < 1.29 is 19.1 Å². The van der Waals surface area contributed by atoms with E-state index in [0.717, 1.165) is 87.7 Å². The second kappa shape index (κ2) is 13.4. The molecule has 0 bridgehead atoms. The predicted molar refractivity (Wildman–Crippen MR) is 190 cm³/mol. The van der Waals surface area contributed by atoms with E-state index in [4.69, 9.17) is 9.47 Å². The van der Waals surface area contributed by atoms with Gasteiger partial charge in [-0.15, -0.1) is 11.3 Å². The first-order valence-electron chi connectivity index (χ1n) is 16.3. The van der Waals surface area contributed by atoms with Gasteiger partial charge in [0.2, 0.25) is 5.91 Å². The van der Waals surface area contributed by atoms with Crippen molar-refractivity contribution >= 4 is 39.7 Å². The minimum Gasteiger partial charge on any atom is -0.496 e. The molecule has 2 aliphatic rings. The zero-order chi connectivity index (χ0) is 33.4. The molecular formula is C37H40N6O4S. The number of likely N-dealkylation sites (N-methyl/N-ethyl adjacent to an activating group) is 1. The van der Waals surface area contributed by atoms with Crippen LogP contribution in [0.3, 0.4) is 0 Å². The predicted octanol–water partition coefficient (Wildman–Crippen LogP) is 5.69. The van der Waals surface area contributed by atoms with Crippen molar-refractivity contribution in [2.75, 3.05) is 39.7 Å². The number of rotatable bonds is 10. The molecule has 0 aliphatic carbocycles. The molecule has 10 nitrogen and oxygen atoms in total. The highest BCUT2D eigenvalue weighted by atomic mass is 32.1. The van der Waals surface area contributed by atoms with E-state index >= 15 is 0 Å². The number of anilines is 1. The van der Waals surface area contributed by atoms with Crippen LogP contribution in [0.25, 0.3) is 27.7 Å². The normalized spacial score (nSPS) is 16.2. The van der Waals surface area contributed by atoms with E-state index in [1.807, 2.05) is 31.2 Å². The lowest BCUT2D eigenvalue weighted by atomic mass is 9.96. The van der Waals surface area contributed by atoms with E-state index in [1.54, 1.807) is 14.2 Å². The van der Waals surface area contributed by atoms with E-state index in [9.17, 15) is 9.59 Å². The zero-order valence-corrected chi connectivity index (χ0v) is 28.5. The van der Waals surface area contributed by atoms with Gasteiger partial charge in [-0.2, -0.15) is 0 Å². The first kappa shape index (κ1) is 31.9. The van der Waals surface area contributed by atoms with Gasteiger partial charge in [0.25, 0.3) is 5.91 Å². The Morgan fingerprint density at radius 3 is 2.58 bits per heavy atom. The number of nitrogens with zero attached hydrogens (tertiary/aromatic N) is 3. The van der Waals surface area contributed by atoms with Crippen LogP contribution in [0.1, 0.15) is 44.3 Å². The van der Waals surface area contributed by atoms with Gasteiger partial charge in [-0.05, 0) is 55.3 Å². The molecule has 1 saturated heterocycles. The molecule has 1 atom stereocenters. The summed E-state index contributed by atoms with van der Waals surface area (Å²) in [6, 6.07) is 18.6. The van der Waals surface area contributed by atoms with Gasteiger partial charge in [0.15, 0.2) is 5.01 Å². The first-order chi connectivity index (χ1) is 23.3. The standard InChI is InChI=1S/C37H40N6O4S/c1-22-25(7-5-9-29(22)40-36(45)37-41-30-14-15-42(2)21-34(30)48-37)26-8-6-10-31-27(26)13-16-43(31)24-17-32(46-3)28(33(18-24)47-4)20-38-19-23-11-12-35(44)39-23/h5-10,13,16-18,23,38H,11-12,14-15,19-21H2,1-4H3,(H,39,44)(H,40,45)/t23-/m0/s1. The van der Waals surface area contributed by atoms with Crippen molar-refractivity contribution in [1.29, 1.82) is 0 Å². The molecule has 2 aliphatic heterocycles. The average Bonchev–Trinajstić information content (AvgIpc) is 3.83. The van der Waals surface area contributed by atoms with Crippen LogP contribution in [0.4, 0.5) is 5.69 Å². The third-order valence-corrected chi connectivity index (χ3v) is 10.5. The van der Waals surface area contributed by atoms with E-state index in [-0.39, 0.29) is 17.9 Å². The quantitative estimate of drug-likeness (QED) is 0.176. The number of methoxy groups -OCH3 is 2. The molecule has 0 saturated carbocycles. The summed E-state index contributed by atoms with van der Waals surface area (Å²) < 4.78 is 13.8. The number of carbonyl (C=O) groups is 2. The van der Waals surface area contributed by atoms with Crippen molar-refractivity contribution in [2.45, 2.75) is 45.3 Å². The molecule has 5 aromatic rings. The molecular weight excluding hydrogens is 625 g/mol. The smallest absolute Gasteiger partial charge is 0.284 e. The summed E-state index contributed by atoms with van der Waals surface area (Å²) >= 11 is 1.49. The second-order valence-electron chi connectivity index (χ2n) is 12.5. The molecule has 3 aromatic carbocycles. The Balaban J connectivity index is 1.16. The van der Waals surface area contributed by atoms with Crippen LogP contribution < -0.4 is 25.4 Å². The molecule has 3 N–H and O–H groups in total. The van der Waals surface area contributed by atoms with Crippen molar-refractivity contribution in [3.8, 4) is 28.3 Å². The van der Waals surface area contributed by atoms with Crippen molar-refractivity contribution in [3.63, 3.8) is 0 Å².